The van der Waals surface area contributed by atoms with E-state index in [0.717, 1.165) is 37.6 Å². The molecule has 0 spiro atoms. The average molecular weight is 305 g/mol. The van der Waals surface area contributed by atoms with Crippen LogP contribution in [0.4, 0.5) is 0 Å². The van der Waals surface area contributed by atoms with Gasteiger partial charge >= 0.3 is 5.97 Å². The molecular weight excluding hydrogens is 278 g/mol. The lowest BCUT2D eigenvalue weighted by molar-refractivity contribution is -0.137. The number of nitrogens with zero attached hydrogens (tertiary/aromatic N) is 1. The highest BCUT2D eigenvalue weighted by molar-refractivity contribution is 5.66. The summed E-state index contributed by atoms with van der Waals surface area (Å²) in [6, 6.07) is 8.80. The molecule has 0 saturated heterocycles. The van der Waals surface area contributed by atoms with E-state index in [0.29, 0.717) is 6.04 Å². The zero-order valence-electron chi connectivity index (χ0n) is 13.6. The van der Waals surface area contributed by atoms with Crippen LogP contribution in [0.5, 0.6) is 5.75 Å². The van der Waals surface area contributed by atoms with Gasteiger partial charge in [0.1, 0.15) is 5.75 Å². The van der Waals surface area contributed by atoms with Crippen LogP contribution in [0.2, 0.25) is 0 Å². The Kier molecular flexibility index (Phi) is 6.25. The first kappa shape index (κ1) is 16.8. The molecule has 1 saturated carbocycles. The van der Waals surface area contributed by atoms with Crippen LogP contribution in [-0.2, 0) is 11.3 Å². The Bertz CT molecular complexity index is 468. The van der Waals surface area contributed by atoms with Gasteiger partial charge in [-0.2, -0.15) is 0 Å². The van der Waals surface area contributed by atoms with Gasteiger partial charge in [-0.1, -0.05) is 12.1 Å². The third-order valence-electron chi connectivity index (χ3n) is 4.51. The number of unbranched alkanes of at least 4 members (excludes halogenated alkanes) is 1. The van der Waals surface area contributed by atoms with Crippen molar-refractivity contribution >= 4 is 5.97 Å². The summed E-state index contributed by atoms with van der Waals surface area (Å²) in [4.78, 5) is 13.1. The van der Waals surface area contributed by atoms with Gasteiger partial charge in [-0.25, -0.2) is 0 Å². The quantitative estimate of drug-likeness (QED) is 0.672. The van der Waals surface area contributed by atoms with Crippen molar-refractivity contribution in [3.05, 3.63) is 29.8 Å². The Labute approximate surface area is 133 Å². The Morgan fingerprint density at radius 2 is 2.00 bits per heavy atom. The smallest absolute Gasteiger partial charge is 0.303 e. The summed E-state index contributed by atoms with van der Waals surface area (Å²) in [5.41, 5.74) is 1.28. The fourth-order valence-electron chi connectivity index (χ4n) is 2.86. The van der Waals surface area contributed by atoms with Crippen molar-refractivity contribution in [2.75, 3.05) is 13.7 Å². The molecule has 22 heavy (non-hydrogen) atoms. The van der Waals surface area contributed by atoms with Gasteiger partial charge in [0.2, 0.25) is 0 Å². The zero-order valence-corrected chi connectivity index (χ0v) is 13.6. The third-order valence-corrected chi connectivity index (χ3v) is 4.51. The van der Waals surface area contributed by atoms with Gasteiger partial charge < -0.3 is 9.84 Å². The van der Waals surface area contributed by atoms with Gasteiger partial charge in [0.15, 0.2) is 0 Å². The lowest BCUT2D eigenvalue weighted by Gasteiger charge is -2.29. The number of benzene rings is 1. The molecule has 0 aromatic heterocycles. The standard InChI is InChI=1S/C18H27NO3/c1-14(16-8-9-16)19(12-4-3-5-18(20)21)13-15-6-10-17(22-2)11-7-15/h6-7,10-11,14,16H,3-5,8-9,12-13H2,1-2H3,(H,20,21). The molecule has 0 radical (unpaired) electrons. The minimum atomic E-state index is -0.697. The molecule has 0 amide bonds. The summed E-state index contributed by atoms with van der Waals surface area (Å²) in [5.74, 6) is 1.00. The number of carbonyl (C=O) groups is 1. The van der Waals surface area contributed by atoms with Crippen LogP contribution >= 0.6 is 0 Å². The van der Waals surface area contributed by atoms with E-state index in [9.17, 15) is 4.79 Å². The van der Waals surface area contributed by atoms with Gasteiger partial charge in [0, 0.05) is 19.0 Å². The number of rotatable bonds is 10. The van der Waals surface area contributed by atoms with Gasteiger partial charge in [0.25, 0.3) is 0 Å². The van der Waals surface area contributed by atoms with Crippen molar-refractivity contribution in [3.63, 3.8) is 0 Å². The predicted molar refractivity (Wildman–Crippen MR) is 87.1 cm³/mol. The normalized spacial score (nSPS) is 15.8. The maximum Gasteiger partial charge on any atom is 0.303 e. The van der Waals surface area contributed by atoms with Gasteiger partial charge in [0.05, 0.1) is 7.11 Å². The second-order valence-electron chi connectivity index (χ2n) is 6.25. The van der Waals surface area contributed by atoms with E-state index in [2.05, 4.69) is 24.0 Å². The molecule has 2 rings (SSSR count). The van der Waals surface area contributed by atoms with E-state index in [-0.39, 0.29) is 6.42 Å². The molecular formula is C18H27NO3. The predicted octanol–water partition coefficient (Wildman–Crippen LogP) is 3.55. The van der Waals surface area contributed by atoms with Gasteiger partial charge in [-0.15, -0.1) is 0 Å². The first-order chi connectivity index (χ1) is 10.6. The second kappa shape index (κ2) is 8.18. The molecule has 4 heteroatoms. The van der Waals surface area contributed by atoms with Crippen molar-refractivity contribution in [1.82, 2.24) is 4.90 Å². The summed E-state index contributed by atoms with van der Waals surface area (Å²) >= 11 is 0. The van der Waals surface area contributed by atoms with Crippen molar-refractivity contribution in [2.24, 2.45) is 5.92 Å². The minimum Gasteiger partial charge on any atom is -0.497 e. The SMILES string of the molecule is COc1ccc(CN(CCCCC(=O)O)C(C)C2CC2)cc1. The van der Waals surface area contributed by atoms with E-state index in [1.807, 2.05) is 12.1 Å². The molecule has 1 aromatic carbocycles. The number of ether oxygens (including phenoxy) is 1. The molecule has 1 N–H and O–H groups in total. The first-order valence-corrected chi connectivity index (χ1v) is 8.19. The van der Waals surface area contributed by atoms with Crippen LogP contribution in [0.25, 0.3) is 0 Å². The van der Waals surface area contributed by atoms with E-state index in [1.165, 1.54) is 18.4 Å². The lowest BCUT2D eigenvalue weighted by Crippen LogP contribution is -2.35. The van der Waals surface area contributed by atoms with Crippen LogP contribution in [-0.4, -0.2) is 35.7 Å². The monoisotopic (exact) mass is 305 g/mol. The molecule has 1 aliphatic rings. The zero-order chi connectivity index (χ0) is 15.9. The highest BCUT2D eigenvalue weighted by atomic mass is 16.5. The van der Waals surface area contributed by atoms with Crippen molar-refractivity contribution in [2.45, 2.75) is 51.6 Å². The Morgan fingerprint density at radius 3 is 2.55 bits per heavy atom. The fraction of sp³-hybridized carbons (Fsp3) is 0.611. The van der Waals surface area contributed by atoms with Crippen LogP contribution in [0, 0.1) is 5.92 Å². The minimum absolute atomic E-state index is 0.272. The Balaban J connectivity index is 1.89. The first-order valence-electron chi connectivity index (χ1n) is 8.19. The molecule has 1 fully saturated rings. The number of hydrogen-bond acceptors (Lipinski definition) is 3. The summed E-state index contributed by atoms with van der Waals surface area (Å²) in [6.45, 7) is 4.20. The molecule has 122 valence electrons. The van der Waals surface area contributed by atoms with E-state index < -0.39 is 5.97 Å². The third kappa shape index (κ3) is 5.34. The number of carboxylic acid groups (broad SMARTS) is 1. The maximum atomic E-state index is 10.6. The molecule has 1 atom stereocenters. The van der Waals surface area contributed by atoms with E-state index in [1.54, 1.807) is 7.11 Å². The summed E-state index contributed by atoms with van der Waals surface area (Å²) in [7, 11) is 1.68. The second-order valence-corrected chi connectivity index (χ2v) is 6.25. The Morgan fingerprint density at radius 1 is 1.32 bits per heavy atom. The molecule has 4 nitrogen and oxygen atoms in total. The highest BCUT2D eigenvalue weighted by Crippen LogP contribution is 2.35. The number of aliphatic carboxylic acids is 1. The van der Waals surface area contributed by atoms with Crippen molar-refractivity contribution < 1.29 is 14.6 Å². The molecule has 1 aliphatic carbocycles. The van der Waals surface area contributed by atoms with Crippen LogP contribution in [0.1, 0.15) is 44.6 Å². The summed E-state index contributed by atoms with van der Waals surface area (Å²) < 4.78 is 5.20. The summed E-state index contributed by atoms with van der Waals surface area (Å²) in [6.07, 6.45) is 4.63. The van der Waals surface area contributed by atoms with Crippen molar-refractivity contribution in [3.8, 4) is 5.75 Å². The van der Waals surface area contributed by atoms with E-state index in [4.69, 9.17) is 9.84 Å². The van der Waals surface area contributed by atoms with Gasteiger partial charge in [-0.3, -0.25) is 9.69 Å². The fourth-order valence-corrected chi connectivity index (χ4v) is 2.86. The largest absolute Gasteiger partial charge is 0.497 e. The van der Waals surface area contributed by atoms with E-state index >= 15 is 0 Å². The average Bonchev–Trinajstić information content (AvgIpc) is 3.35. The van der Waals surface area contributed by atoms with Crippen LogP contribution in [0.3, 0.4) is 0 Å². The van der Waals surface area contributed by atoms with Gasteiger partial charge in [-0.05, 0) is 62.8 Å². The molecule has 0 heterocycles. The number of hydrogen-bond donors (Lipinski definition) is 1. The Hall–Kier alpha value is -1.55. The maximum absolute atomic E-state index is 10.6. The molecule has 1 unspecified atom stereocenters. The number of carboxylic acids is 1. The van der Waals surface area contributed by atoms with Crippen LogP contribution in [0.15, 0.2) is 24.3 Å². The molecule has 0 aliphatic heterocycles. The summed E-state index contributed by atoms with van der Waals surface area (Å²) in [5, 5.41) is 8.75. The highest BCUT2D eigenvalue weighted by Gasteiger charge is 2.31. The van der Waals surface area contributed by atoms with Crippen molar-refractivity contribution in [1.29, 1.82) is 0 Å². The molecule has 0 bridgehead atoms. The lowest BCUT2D eigenvalue weighted by atomic mass is 10.1. The van der Waals surface area contributed by atoms with Crippen LogP contribution < -0.4 is 4.74 Å². The number of methoxy groups -OCH3 is 1. The topological polar surface area (TPSA) is 49.8 Å². The molecule has 1 aromatic rings.